The van der Waals surface area contributed by atoms with E-state index in [1.165, 1.54) is 18.1 Å². The van der Waals surface area contributed by atoms with Crippen molar-refractivity contribution in [3.05, 3.63) is 45.5 Å². The van der Waals surface area contributed by atoms with Gasteiger partial charge in [-0.3, -0.25) is 4.79 Å². The highest BCUT2D eigenvalue weighted by atomic mass is 79.9. The largest absolute Gasteiger partial charge is 0.312 e. The summed E-state index contributed by atoms with van der Waals surface area (Å²) in [5.74, 6) is 0. The smallest absolute Gasteiger partial charge is 0.266 e. The fraction of sp³-hybridized carbons (Fsp3) is 0. The first-order valence-electron chi connectivity index (χ1n) is 4.09. The maximum Gasteiger partial charge on any atom is 0.266 e. The Morgan fingerprint density at radius 3 is 2.93 bits per heavy atom. The van der Waals surface area contributed by atoms with Gasteiger partial charge in [0.1, 0.15) is 14.5 Å². The molecule has 2 aromatic heterocycles. The van der Waals surface area contributed by atoms with Crippen LogP contribution in [0.3, 0.4) is 0 Å². The molecule has 0 unspecified atom stereocenters. The van der Waals surface area contributed by atoms with Gasteiger partial charge in [0.25, 0.3) is 5.56 Å². The Hall–Kier alpha value is -1.14. The van der Waals surface area contributed by atoms with Gasteiger partial charge in [0.15, 0.2) is 0 Å². The van der Waals surface area contributed by atoms with Crippen molar-refractivity contribution in [2.75, 3.05) is 0 Å². The number of aromatic nitrogens is 3. The third-order valence-corrected chi connectivity index (χ3v) is 3.56. The molecule has 0 atom stereocenters. The zero-order valence-electron chi connectivity index (χ0n) is 7.48. The minimum atomic E-state index is -0.191. The number of hydrogen-bond donors (Lipinski definition) is 1. The molecule has 0 amide bonds. The first-order valence-corrected chi connectivity index (χ1v) is 5.70. The van der Waals surface area contributed by atoms with Gasteiger partial charge in [-0.05, 0) is 39.8 Å². The molecule has 2 aromatic rings. The predicted octanol–water partition coefficient (Wildman–Crippen LogP) is 2.08. The van der Waals surface area contributed by atoms with Crippen LogP contribution < -0.4 is 5.56 Å². The Balaban J connectivity index is 2.33. The molecule has 2 heterocycles. The second kappa shape index (κ2) is 4.59. The summed E-state index contributed by atoms with van der Waals surface area (Å²) in [4.78, 5) is 21.9. The van der Waals surface area contributed by atoms with E-state index in [1.54, 1.807) is 6.20 Å². The number of H-pyrrole nitrogens is 1. The van der Waals surface area contributed by atoms with Crippen LogP contribution in [0.25, 0.3) is 0 Å². The van der Waals surface area contributed by atoms with Gasteiger partial charge in [0.2, 0.25) is 0 Å². The van der Waals surface area contributed by atoms with Crippen molar-refractivity contribution in [3.8, 4) is 0 Å². The summed E-state index contributed by atoms with van der Waals surface area (Å²) in [6, 6.07) is 5.58. The molecule has 1 N–H and O–H groups in total. The van der Waals surface area contributed by atoms with E-state index in [-0.39, 0.29) is 5.56 Å². The van der Waals surface area contributed by atoms with Gasteiger partial charge in [-0.2, -0.15) is 0 Å². The van der Waals surface area contributed by atoms with Gasteiger partial charge >= 0.3 is 0 Å². The summed E-state index contributed by atoms with van der Waals surface area (Å²) in [6.45, 7) is 0. The van der Waals surface area contributed by atoms with Gasteiger partial charge < -0.3 is 4.98 Å². The van der Waals surface area contributed by atoms with Gasteiger partial charge in [0.05, 0.1) is 6.33 Å². The SMILES string of the molecule is O=c1[nH]cnc(Sc2ccccn2)c1Br. The molecule has 6 heteroatoms. The summed E-state index contributed by atoms with van der Waals surface area (Å²) in [5, 5.41) is 1.41. The second-order valence-electron chi connectivity index (χ2n) is 2.62. The van der Waals surface area contributed by atoms with Crippen molar-refractivity contribution in [1.82, 2.24) is 15.0 Å². The van der Waals surface area contributed by atoms with E-state index < -0.39 is 0 Å². The van der Waals surface area contributed by atoms with Crippen LogP contribution in [-0.2, 0) is 0 Å². The molecule has 0 aliphatic carbocycles. The van der Waals surface area contributed by atoms with Gasteiger partial charge in [0, 0.05) is 6.20 Å². The molecule has 0 aromatic carbocycles. The van der Waals surface area contributed by atoms with E-state index in [9.17, 15) is 4.79 Å². The Bertz CT molecular complexity index is 514. The van der Waals surface area contributed by atoms with E-state index in [0.29, 0.717) is 9.50 Å². The number of halogens is 1. The van der Waals surface area contributed by atoms with Gasteiger partial charge in [-0.25, -0.2) is 9.97 Å². The van der Waals surface area contributed by atoms with Crippen molar-refractivity contribution in [2.24, 2.45) is 0 Å². The number of aromatic amines is 1. The van der Waals surface area contributed by atoms with Crippen LogP contribution in [0.1, 0.15) is 0 Å². The van der Waals surface area contributed by atoms with Gasteiger partial charge in [-0.15, -0.1) is 0 Å². The van der Waals surface area contributed by atoms with Crippen LogP contribution in [0.4, 0.5) is 0 Å². The maximum absolute atomic E-state index is 11.3. The quantitative estimate of drug-likeness (QED) is 0.858. The lowest BCUT2D eigenvalue weighted by Gasteiger charge is -2.00. The minimum absolute atomic E-state index is 0.191. The van der Waals surface area contributed by atoms with Crippen molar-refractivity contribution in [2.45, 2.75) is 10.1 Å². The first-order chi connectivity index (χ1) is 7.27. The van der Waals surface area contributed by atoms with Crippen molar-refractivity contribution in [1.29, 1.82) is 0 Å². The molecule has 0 radical (unpaired) electrons. The third-order valence-electron chi connectivity index (χ3n) is 1.60. The summed E-state index contributed by atoms with van der Waals surface area (Å²) < 4.78 is 0.431. The lowest BCUT2D eigenvalue weighted by molar-refractivity contribution is 0.985. The summed E-state index contributed by atoms with van der Waals surface area (Å²) in [6.07, 6.45) is 3.07. The lowest BCUT2D eigenvalue weighted by Crippen LogP contribution is -2.07. The molecule has 76 valence electrons. The summed E-state index contributed by atoms with van der Waals surface area (Å²) >= 11 is 4.52. The molecule has 0 saturated carbocycles. The van der Waals surface area contributed by atoms with Crippen molar-refractivity contribution >= 4 is 27.7 Å². The molecule has 0 aliphatic rings. The summed E-state index contributed by atoms with van der Waals surface area (Å²) in [7, 11) is 0. The highest BCUT2D eigenvalue weighted by Gasteiger charge is 2.07. The number of nitrogens with zero attached hydrogens (tertiary/aromatic N) is 2. The zero-order valence-corrected chi connectivity index (χ0v) is 9.88. The average molecular weight is 284 g/mol. The Morgan fingerprint density at radius 1 is 1.33 bits per heavy atom. The average Bonchev–Trinajstić information content (AvgIpc) is 2.26. The normalized spacial score (nSPS) is 10.2. The highest BCUT2D eigenvalue weighted by Crippen LogP contribution is 2.27. The van der Waals surface area contributed by atoms with Crippen molar-refractivity contribution < 1.29 is 0 Å². The first kappa shape index (κ1) is 10.4. The van der Waals surface area contributed by atoms with E-state index in [4.69, 9.17) is 0 Å². The number of nitrogens with one attached hydrogen (secondary N) is 1. The molecular formula is C9H6BrN3OS. The Morgan fingerprint density at radius 2 is 2.20 bits per heavy atom. The third kappa shape index (κ3) is 2.45. The molecule has 2 rings (SSSR count). The van der Waals surface area contributed by atoms with E-state index in [2.05, 4.69) is 30.9 Å². The minimum Gasteiger partial charge on any atom is -0.312 e. The standard InChI is InChI=1S/C9H6BrN3OS/c10-7-8(14)12-5-13-9(7)15-6-3-1-2-4-11-6/h1-5H,(H,12,13,14). The molecule has 0 saturated heterocycles. The molecule has 0 spiro atoms. The lowest BCUT2D eigenvalue weighted by atomic mass is 10.5. The molecule has 0 bridgehead atoms. The summed E-state index contributed by atoms with van der Waals surface area (Å²) in [5.41, 5.74) is -0.191. The number of hydrogen-bond acceptors (Lipinski definition) is 4. The molecule has 4 nitrogen and oxygen atoms in total. The second-order valence-corrected chi connectivity index (χ2v) is 4.42. The van der Waals surface area contributed by atoms with Crippen LogP contribution in [-0.4, -0.2) is 15.0 Å². The van der Waals surface area contributed by atoms with Gasteiger partial charge in [-0.1, -0.05) is 6.07 Å². The van der Waals surface area contributed by atoms with Crippen LogP contribution in [0, 0.1) is 0 Å². The van der Waals surface area contributed by atoms with E-state index in [0.717, 1.165) is 5.03 Å². The van der Waals surface area contributed by atoms with Crippen LogP contribution >= 0.6 is 27.7 Å². The van der Waals surface area contributed by atoms with E-state index >= 15 is 0 Å². The van der Waals surface area contributed by atoms with Crippen LogP contribution in [0.5, 0.6) is 0 Å². The zero-order chi connectivity index (χ0) is 10.7. The Labute approximate surface area is 98.3 Å². The highest BCUT2D eigenvalue weighted by molar-refractivity contribution is 9.10. The number of pyridine rings is 1. The van der Waals surface area contributed by atoms with E-state index in [1.807, 2.05) is 18.2 Å². The fourth-order valence-corrected chi connectivity index (χ4v) is 2.15. The van der Waals surface area contributed by atoms with Crippen LogP contribution in [0.2, 0.25) is 0 Å². The predicted molar refractivity (Wildman–Crippen MR) is 60.9 cm³/mol. The topological polar surface area (TPSA) is 58.6 Å². The monoisotopic (exact) mass is 283 g/mol. The van der Waals surface area contributed by atoms with Crippen molar-refractivity contribution in [3.63, 3.8) is 0 Å². The van der Waals surface area contributed by atoms with Crippen LogP contribution in [0.15, 0.2) is 50.0 Å². The maximum atomic E-state index is 11.3. The molecule has 0 aliphatic heterocycles. The Kier molecular flexibility index (Phi) is 3.17. The number of rotatable bonds is 2. The molecule has 15 heavy (non-hydrogen) atoms. The fourth-order valence-electron chi connectivity index (χ4n) is 0.944. The molecule has 0 fully saturated rings. The molecular weight excluding hydrogens is 278 g/mol.